The topological polar surface area (TPSA) is 105 Å². The maximum Gasteiger partial charge on any atom is 0.276 e. The molecule has 2 heterocycles. The van der Waals surface area contributed by atoms with Crippen LogP contribution in [0.1, 0.15) is 54.0 Å². The lowest BCUT2D eigenvalue weighted by Gasteiger charge is -2.15. The molecular weight excluding hydrogens is 352 g/mol. The number of carbonyl (C=O) groups is 1. The highest BCUT2D eigenvalue weighted by Gasteiger charge is 2.32. The highest BCUT2D eigenvalue weighted by molar-refractivity contribution is 7.91. The number of hydrogen-bond donors (Lipinski definition) is 1. The number of aromatic nitrogens is 2. The molecule has 26 heavy (non-hydrogen) atoms. The number of benzene rings is 1. The maximum absolute atomic E-state index is 12.6. The second-order valence-electron chi connectivity index (χ2n) is 6.76. The minimum absolute atomic E-state index is 0.0552. The van der Waals surface area contributed by atoms with Gasteiger partial charge in [-0.1, -0.05) is 19.9 Å². The van der Waals surface area contributed by atoms with E-state index in [1.807, 2.05) is 19.9 Å². The molecule has 1 aromatic carbocycles. The molecule has 1 fully saturated rings. The molecule has 3 rings (SSSR count). The molecule has 0 bridgehead atoms. The van der Waals surface area contributed by atoms with Crippen LogP contribution >= 0.6 is 0 Å². The molecule has 136 valence electrons. The van der Waals surface area contributed by atoms with Crippen molar-refractivity contribution in [3.63, 3.8) is 0 Å². The molecule has 1 aromatic heterocycles. The van der Waals surface area contributed by atoms with Gasteiger partial charge in [-0.25, -0.2) is 8.42 Å². The van der Waals surface area contributed by atoms with E-state index in [1.165, 1.54) is 0 Å². The number of anilines is 1. The quantitative estimate of drug-likeness (QED) is 0.888. The third kappa shape index (κ3) is 3.78. The summed E-state index contributed by atoms with van der Waals surface area (Å²) in [5.41, 5.74) is 2.04. The molecular formula is C18H20N4O3S. The van der Waals surface area contributed by atoms with Gasteiger partial charge in [0.1, 0.15) is 0 Å². The second kappa shape index (κ2) is 6.92. The first kappa shape index (κ1) is 18.1. The Morgan fingerprint density at radius 3 is 2.77 bits per heavy atom. The molecule has 1 aliphatic heterocycles. The highest BCUT2D eigenvalue weighted by Crippen LogP contribution is 2.28. The minimum atomic E-state index is -3.05. The van der Waals surface area contributed by atoms with Crippen LogP contribution in [-0.4, -0.2) is 35.6 Å². The van der Waals surface area contributed by atoms with E-state index in [-0.39, 0.29) is 35.1 Å². The van der Waals surface area contributed by atoms with E-state index in [2.05, 4.69) is 10.4 Å². The Morgan fingerprint density at radius 1 is 1.38 bits per heavy atom. The predicted molar refractivity (Wildman–Crippen MR) is 97.7 cm³/mol. The summed E-state index contributed by atoms with van der Waals surface area (Å²) in [6.45, 7) is 3.96. The number of hydrogen-bond acceptors (Lipinski definition) is 5. The van der Waals surface area contributed by atoms with Gasteiger partial charge in [0.05, 0.1) is 29.2 Å². The van der Waals surface area contributed by atoms with Crippen LogP contribution in [0.3, 0.4) is 0 Å². The Kier molecular flexibility index (Phi) is 4.83. The molecule has 1 saturated heterocycles. The Labute approximate surface area is 152 Å². The van der Waals surface area contributed by atoms with Crippen molar-refractivity contribution in [3.05, 3.63) is 47.3 Å². The second-order valence-corrected chi connectivity index (χ2v) is 8.99. The first-order chi connectivity index (χ1) is 12.3. The fourth-order valence-electron chi connectivity index (χ4n) is 3.07. The Bertz CT molecular complexity index is 986. The Hall–Kier alpha value is -2.66. The van der Waals surface area contributed by atoms with Crippen LogP contribution in [0.15, 0.2) is 30.3 Å². The van der Waals surface area contributed by atoms with Crippen molar-refractivity contribution in [2.45, 2.75) is 32.2 Å². The van der Waals surface area contributed by atoms with E-state index in [0.29, 0.717) is 17.7 Å². The largest absolute Gasteiger partial charge is 0.321 e. The van der Waals surface area contributed by atoms with Crippen LogP contribution in [0.25, 0.3) is 0 Å². The third-order valence-electron chi connectivity index (χ3n) is 4.39. The molecule has 0 aliphatic carbocycles. The van der Waals surface area contributed by atoms with Crippen molar-refractivity contribution >= 4 is 21.4 Å². The summed E-state index contributed by atoms with van der Waals surface area (Å²) >= 11 is 0. The lowest BCUT2D eigenvalue weighted by atomic mass is 10.1. The number of rotatable bonds is 4. The number of nitrogens with one attached hydrogen (secondary N) is 1. The highest BCUT2D eigenvalue weighted by atomic mass is 32.2. The molecule has 1 aliphatic rings. The van der Waals surface area contributed by atoms with E-state index in [9.17, 15) is 13.2 Å². The number of amides is 1. The van der Waals surface area contributed by atoms with Crippen molar-refractivity contribution in [2.24, 2.45) is 0 Å². The molecule has 1 atom stereocenters. The number of nitriles is 1. The summed E-state index contributed by atoms with van der Waals surface area (Å²) in [4.78, 5) is 12.6. The molecule has 1 amide bonds. The van der Waals surface area contributed by atoms with E-state index < -0.39 is 9.84 Å². The molecule has 0 saturated carbocycles. The van der Waals surface area contributed by atoms with Gasteiger partial charge in [-0.2, -0.15) is 10.4 Å². The summed E-state index contributed by atoms with van der Waals surface area (Å²) in [6, 6.07) is 10.1. The number of sulfone groups is 1. The zero-order valence-corrected chi connectivity index (χ0v) is 15.5. The van der Waals surface area contributed by atoms with Crippen LogP contribution in [0, 0.1) is 11.3 Å². The summed E-state index contributed by atoms with van der Waals surface area (Å²) in [5.74, 6) is -0.0760. The van der Waals surface area contributed by atoms with Crippen molar-refractivity contribution in [1.82, 2.24) is 9.78 Å². The molecule has 2 aromatic rings. The van der Waals surface area contributed by atoms with Crippen LogP contribution in [0.2, 0.25) is 0 Å². The zero-order chi connectivity index (χ0) is 18.9. The van der Waals surface area contributed by atoms with Gasteiger partial charge in [0.2, 0.25) is 0 Å². The third-order valence-corrected chi connectivity index (χ3v) is 6.14. The predicted octanol–water partition coefficient (Wildman–Crippen LogP) is 2.49. The molecule has 0 spiro atoms. The van der Waals surface area contributed by atoms with Crippen molar-refractivity contribution < 1.29 is 13.2 Å². The summed E-state index contributed by atoms with van der Waals surface area (Å²) in [7, 11) is -3.05. The first-order valence-corrected chi connectivity index (χ1v) is 10.2. The molecule has 1 N–H and O–H groups in total. The lowest BCUT2D eigenvalue weighted by Crippen LogP contribution is -2.17. The van der Waals surface area contributed by atoms with Gasteiger partial charge in [-0.3, -0.25) is 9.48 Å². The molecule has 8 heteroatoms. The summed E-state index contributed by atoms with van der Waals surface area (Å²) in [6.07, 6.45) is 0.509. The van der Waals surface area contributed by atoms with Gasteiger partial charge in [0, 0.05) is 11.4 Å². The molecule has 0 radical (unpaired) electrons. The Balaban J connectivity index is 1.87. The Morgan fingerprint density at radius 2 is 2.15 bits per heavy atom. The smallest absolute Gasteiger partial charge is 0.276 e. The van der Waals surface area contributed by atoms with Crippen molar-refractivity contribution in [1.29, 1.82) is 5.26 Å². The number of carbonyl (C=O) groups excluding carboxylic acids is 1. The fourth-order valence-corrected chi connectivity index (χ4v) is 4.77. The van der Waals surface area contributed by atoms with Gasteiger partial charge in [-0.15, -0.1) is 0 Å². The normalized spacial score (nSPS) is 18.6. The summed E-state index contributed by atoms with van der Waals surface area (Å²) in [5, 5.41) is 16.1. The zero-order valence-electron chi connectivity index (χ0n) is 14.6. The minimum Gasteiger partial charge on any atom is -0.321 e. The van der Waals surface area contributed by atoms with Crippen molar-refractivity contribution in [2.75, 3.05) is 16.8 Å². The van der Waals surface area contributed by atoms with Gasteiger partial charge in [-0.05, 0) is 36.6 Å². The van der Waals surface area contributed by atoms with E-state index in [1.54, 1.807) is 35.0 Å². The standard InChI is InChI=1S/C18H20N4O3S/c1-12(2)17-9-16(21-22(17)15-6-7-26(24,25)11-15)18(23)20-14-5-3-4-13(8-14)10-19/h3-5,8-9,12,15H,6-7,11H2,1-2H3,(H,20,23). The summed E-state index contributed by atoms with van der Waals surface area (Å²) < 4.78 is 25.3. The maximum atomic E-state index is 12.6. The van der Waals surface area contributed by atoms with Gasteiger partial charge < -0.3 is 5.32 Å². The number of nitrogens with zero attached hydrogens (tertiary/aromatic N) is 3. The van der Waals surface area contributed by atoms with E-state index >= 15 is 0 Å². The average molecular weight is 372 g/mol. The van der Waals surface area contributed by atoms with Gasteiger partial charge in [0.25, 0.3) is 5.91 Å². The average Bonchev–Trinajstić information content (AvgIpc) is 3.18. The van der Waals surface area contributed by atoms with Gasteiger partial charge >= 0.3 is 0 Å². The SMILES string of the molecule is CC(C)c1cc(C(=O)Nc2cccc(C#N)c2)nn1C1CCS(=O)(=O)C1. The van der Waals surface area contributed by atoms with Crippen LogP contribution < -0.4 is 5.32 Å². The lowest BCUT2D eigenvalue weighted by molar-refractivity contribution is 0.102. The monoisotopic (exact) mass is 372 g/mol. The van der Waals surface area contributed by atoms with E-state index in [4.69, 9.17) is 5.26 Å². The van der Waals surface area contributed by atoms with Crippen molar-refractivity contribution in [3.8, 4) is 6.07 Å². The van der Waals surface area contributed by atoms with E-state index in [0.717, 1.165) is 5.69 Å². The van der Waals surface area contributed by atoms with Crippen LogP contribution in [-0.2, 0) is 9.84 Å². The van der Waals surface area contributed by atoms with Crippen LogP contribution in [0.4, 0.5) is 5.69 Å². The fraction of sp³-hybridized carbons (Fsp3) is 0.389. The van der Waals surface area contributed by atoms with Gasteiger partial charge in [0.15, 0.2) is 15.5 Å². The van der Waals surface area contributed by atoms with Crippen LogP contribution in [0.5, 0.6) is 0 Å². The first-order valence-electron chi connectivity index (χ1n) is 8.40. The molecule has 7 nitrogen and oxygen atoms in total. The molecule has 1 unspecified atom stereocenters.